The van der Waals surface area contributed by atoms with Crippen LogP contribution in [0.3, 0.4) is 0 Å². The maximum atomic E-state index is 5.53. The minimum atomic E-state index is 0.336. The Bertz CT molecular complexity index is 1090. The summed E-state index contributed by atoms with van der Waals surface area (Å²) in [5, 5.41) is 0. The lowest BCUT2D eigenvalue weighted by molar-refractivity contribution is 0.125. The highest BCUT2D eigenvalue weighted by atomic mass is 16.5. The van der Waals surface area contributed by atoms with Crippen molar-refractivity contribution in [1.82, 2.24) is 9.80 Å². The van der Waals surface area contributed by atoms with E-state index in [4.69, 9.17) is 23.7 Å². The van der Waals surface area contributed by atoms with Crippen LogP contribution in [0.2, 0.25) is 0 Å². The number of piperazine rings is 1. The molecule has 7 nitrogen and oxygen atoms in total. The molecule has 0 spiro atoms. The highest BCUT2D eigenvalue weighted by Crippen LogP contribution is 2.38. The summed E-state index contributed by atoms with van der Waals surface area (Å²) >= 11 is 0. The van der Waals surface area contributed by atoms with Crippen LogP contribution in [0.1, 0.15) is 35.4 Å². The van der Waals surface area contributed by atoms with Crippen molar-refractivity contribution >= 4 is 0 Å². The van der Waals surface area contributed by atoms with E-state index in [0.29, 0.717) is 23.2 Å². The molecule has 210 valence electrons. The molecule has 0 radical (unpaired) electrons. The van der Waals surface area contributed by atoms with Gasteiger partial charge >= 0.3 is 0 Å². The average Bonchev–Trinajstić information content (AvgIpc) is 2.99. The van der Waals surface area contributed by atoms with Crippen molar-refractivity contribution in [3.05, 3.63) is 77.4 Å². The Kier molecular flexibility index (Phi) is 10.3. The van der Waals surface area contributed by atoms with Gasteiger partial charge in [0.1, 0.15) is 11.5 Å². The summed E-state index contributed by atoms with van der Waals surface area (Å²) in [5.74, 6) is 4.15. The lowest BCUT2D eigenvalue weighted by Gasteiger charge is -2.35. The number of nitrogens with zero attached hydrogens (tertiary/aromatic N) is 2. The van der Waals surface area contributed by atoms with E-state index in [-0.39, 0.29) is 0 Å². The Morgan fingerprint density at radius 3 is 1.54 bits per heavy atom. The van der Waals surface area contributed by atoms with E-state index >= 15 is 0 Å². The van der Waals surface area contributed by atoms with Crippen LogP contribution in [-0.2, 0) is 6.54 Å². The lowest BCUT2D eigenvalue weighted by atomic mass is 9.87. The first-order valence-electron chi connectivity index (χ1n) is 13.6. The van der Waals surface area contributed by atoms with Crippen LogP contribution in [-0.4, -0.2) is 78.1 Å². The molecule has 0 bridgehead atoms. The summed E-state index contributed by atoms with van der Waals surface area (Å²) in [4.78, 5) is 5.08. The van der Waals surface area contributed by atoms with Crippen molar-refractivity contribution in [2.45, 2.75) is 25.3 Å². The molecule has 3 aromatic carbocycles. The van der Waals surface area contributed by atoms with E-state index in [1.807, 2.05) is 12.1 Å². The quantitative estimate of drug-likeness (QED) is 0.289. The Labute approximate surface area is 233 Å². The topological polar surface area (TPSA) is 52.6 Å². The summed E-state index contributed by atoms with van der Waals surface area (Å²) in [6, 6.07) is 21.1. The minimum Gasteiger partial charge on any atom is -0.497 e. The van der Waals surface area contributed by atoms with Crippen LogP contribution in [0, 0.1) is 0 Å². The Morgan fingerprint density at radius 2 is 1.10 bits per heavy atom. The fourth-order valence-electron chi connectivity index (χ4n) is 5.37. The first-order chi connectivity index (χ1) is 19.1. The molecule has 4 rings (SSSR count). The molecule has 0 aliphatic carbocycles. The first kappa shape index (κ1) is 28.6. The molecule has 0 aromatic heterocycles. The lowest BCUT2D eigenvalue weighted by Crippen LogP contribution is -2.46. The maximum Gasteiger partial charge on any atom is 0.203 e. The Balaban J connectivity index is 1.32. The van der Waals surface area contributed by atoms with Crippen molar-refractivity contribution in [1.29, 1.82) is 0 Å². The van der Waals surface area contributed by atoms with Gasteiger partial charge in [-0.25, -0.2) is 0 Å². The molecule has 39 heavy (non-hydrogen) atoms. The summed E-state index contributed by atoms with van der Waals surface area (Å²) in [5.41, 5.74) is 3.80. The molecule has 1 fully saturated rings. The first-order valence-corrected chi connectivity index (χ1v) is 13.6. The standard InChI is InChI=1S/C32H42N2O5/c1-35-27-12-8-25(9-13-27)29(26-10-14-28(36-2)15-11-26)7-6-16-33-17-19-34(20-18-33)23-24-21-30(37-3)32(39-5)31(22-24)38-4/h8-15,21-22,29H,6-7,16-20,23H2,1-5H3. The normalized spacial score (nSPS) is 14.3. The molecule has 0 N–H and O–H groups in total. The summed E-state index contributed by atoms with van der Waals surface area (Å²) in [6.45, 7) is 6.18. The van der Waals surface area contributed by atoms with Gasteiger partial charge in [0.2, 0.25) is 5.75 Å². The van der Waals surface area contributed by atoms with Gasteiger partial charge in [0, 0.05) is 38.6 Å². The van der Waals surface area contributed by atoms with Crippen molar-refractivity contribution in [2.75, 3.05) is 68.3 Å². The number of hydrogen-bond acceptors (Lipinski definition) is 7. The molecule has 7 heteroatoms. The molecule has 0 atom stereocenters. The van der Waals surface area contributed by atoms with Crippen LogP contribution in [0.25, 0.3) is 0 Å². The van der Waals surface area contributed by atoms with Crippen LogP contribution in [0.5, 0.6) is 28.7 Å². The van der Waals surface area contributed by atoms with Gasteiger partial charge in [-0.05, 0) is 72.5 Å². The molecule has 1 aliphatic heterocycles. The molecule has 1 saturated heterocycles. The predicted molar refractivity (Wildman–Crippen MR) is 155 cm³/mol. The van der Waals surface area contributed by atoms with E-state index in [1.54, 1.807) is 35.5 Å². The SMILES string of the molecule is COc1ccc(C(CCCN2CCN(Cc3cc(OC)c(OC)c(OC)c3)CC2)c2ccc(OC)cc2)cc1. The fraction of sp³-hybridized carbons (Fsp3) is 0.438. The molecular formula is C32H42N2O5. The van der Waals surface area contributed by atoms with Crippen LogP contribution >= 0.6 is 0 Å². The van der Waals surface area contributed by atoms with Gasteiger partial charge < -0.3 is 28.6 Å². The molecule has 0 saturated carbocycles. The second-order valence-electron chi connectivity index (χ2n) is 9.89. The van der Waals surface area contributed by atoms with Crippen LogP contribution in [0.4, 0.5) is 0 Å². The van der Waals surface area contributed by atoms with Crippen molar-refractivity contribution in [2.24, 2.45) is 0 Å². The second-order valence-corrected chi connectivity index (χ2v) is 9.89. The molecule has 0 amide bonds. The third kappa shape index (κ3) is 7.37. The van der Waals surface area contributed by atoms with Gasteiger partial charge in [0.05, 0.1) is 35.5 Å². The monoisotopic (exact) mass is 534 g/mol. The Morgan fingerprint density at radius 1 is 0.615 bits per heavy atom. The van der Waals surface area contributed by atoms with Gasteiger partial charge in [-0.1, -0.05) is 24.3 Å². The van der Waals surface area contributed by atoms with Crippen molar-refractivity contribution in [3.8, 4) is 28.7 Å². The molecule has 1 aliphatic rings. The molecule has 1 heterocycles. The molecular weight excluding hydrogens is 492 g/mol. The summed E-state index contributed by atoms with van der Waals surface area (Å²) < 4.78 is 27.3. The Hall–Kier alpha value is -3.42. The predicted octanol–water partition coefficient (Wildman–Crippen LogP) is 5.46. The van der Waals surface area contributed by atoms with Gasteiger partial charge in [-0.15, -0.1) is 0 Å². The zero-order chi connectivity index (χ0) is 27.6. The second kappa shape index (κ2) is 14.1. The van der Waals surface area contributed by atoms with Gasteiger partial charge in [-0.3, -0.25) is 4.90 Å². The van der Waals surface area contributed by atoms with Gasteiger partial charge in [0.25, 0.3) is 0 Å². The van der Waals surface area contributed by atoms with Gasteiger partial charge in [-0.2, -0.15) is 0 Å². The van der Waals surface area contributed by atoms with E-state index < -0.39 is 0 Å². The zero-order valence-corrected chi connectivity index (χ0v) is 23.9. The maximum absolute atomic E-state index is 5.53. The number of methoxy groups -OCH3 is 5. The average molecular weight is 535 g/mol. The van der Waals surface area contributed by atoms with Crippen LogP contribution < -0.4 is 23.7 Å². The van der Waals surface area contributed by atoms with E-state index in [1.165, 1.54) is 16.7 Å². The van der Waals surface area contributed by atoms with Crippen molar-refractivity contribution in [3.63, 3.8) is 0 Å². The smallest absolute Gasteiger partial charge is 0.203 e. The fourth-order valence-corrected chi connectivity index (χ4v) is 5.37. The highest BCUT2D eigenvalue weighted by Gasteiger charge is 2.20. The van der Waals surface area contributed by atoms with E-state index in [2.05, 4.69) is 58.3 Å². The summed E-state index contributed by atoms with van der Waals surface area (Å²) in [6.07, 6.45) is 2.22. The minimum absolute atomic E-state index is 0.336. The number of benzene rings is 3. The summed E-state index contributed by atoms with van der Waals surface area (Å²) in [7, 11) is 8.37. The number of ether oxygens (including phenoxy) is 5. The van der Waals surface area contributed by atoms with Gasteiger partial charge in [0.15, 0.2) is 11.5 Å². The number of hydrogen-bond donors (Lipinski definition) is 0. The van der Waals surface area contributed by atoms with Crippen LogP contribution in [0.15, 0.2) is 60.7 Å². The highest BCUT2D eigenvalue weighted by molar-refractivity contribution is 5.53. The third-order valence-electron chi connectivity index (χ3n) is 7.60. The molecule has 3 aromatic rings. The largest absolute Gasteiger partial charge is 0.497 e. The van der Waals surface area contributed by atoms with E-state index in [0.717, 1.165) is 63.6 Å². The molecule has 0 unspecified atom stereocenters. The van der Waals surface area contributed by atoms with E-state index in [9.17, 15) is 0 Å². The number of rotatable bonds is 13. The third-order valence-corrected chi connectivity index (χ3v) is 7.60. The van der Waals surface area contributed by atoms with Crippen molar-refractivity contribution < 1.29 is 23.7 Å². The zero-order valence-electron chi connectivity index (χ0n) is 23.9.